The fourth-order valence-corrected chi connectivity index (χ4v) is 2.68. The van der Waals surface area contributed by atoms with Crippen LogP contribution in [0.2, 0.25) is 0 Å². The monoisotopic (exact) mass is 256 g/mol. The zero-order valence-corrected chi connectivity index (χ0v) is 10.9. The molecule has 4 heteroatoms. The van der Waals surface area contributed by atoms with Crippen LogP contribution in [-0.4, -0.2) is 20.6 Å². The molecule has 0 spiro atoms. The summed E-state index contributed by atoms with van der Waals surface area (Å²) in [6.45, 7) is 2.00. The van der Waals surface area contributed by atoms with Crippen LogP contribution < -0.4 is 0 Å². The van der Waals surface area contributed by atoms with Gasteiger partial charge in [0.1, 0.15) is 0 Å². The number of carboxylic acids is 1. The predicted octanol–water partition coefficient (Wildman–Crippen LogP) is 2.76. The molecule has 0 aliphatic heterocycles. The number of aromatic nitrogens is 2. The largest absolute Gasteiger partial charge is 0.478 e. The third-order valence-electron chi connectivity index (χ3n) is 3.75. The number of hydrogen-bond donors (Lipinski definition) is 1. The number of carboxylic acid groups (broad SMARTS) is 1. The second-order valence-corrected chi connectivity index (χ2v) is 5.02. The molecule has 0 saturated carbocycles. The van der Waals surface area contributed by atoms with Crippen LogP contribution in [-0.2, 0) is 12.8 Å². The number of imidazole rings is 1. The van der Waals surface area contributed by atoms with Gasteiger partial charge < -0.3 is 9.67 Å². The van der Waals surface area contributed by atoms with Crippen LogP contribution in [0.15, 0.2) is 24.5 Å². The van der Waals surface area contributed by atoms with Crippen molar-refractivity contribution in [2.24, 2.45) is 0 Å². The fourth-order valence-electron chi connectivity index (χ4n) is 2.68. The topological polar surface area (TPSA) is 55.1 Å². The Bertz CT molecular complexity index is 644. The van der Waals surface area contributed by atoms with E-state index in [9.17, 15) is 4.79 Å². The highest BCUT2D eigenvalue weighted by Gasteiger charge is 2.17. The van der Waals surface area contributed by atoms with Crippen LogP contribution in [0.1, 0.15) is 40.2 Å². The van der Waals surface area contributed by atoms with Crippen molar-refractivity contribution >= 4 is 5.97 Å². The van der Waals surface area contributed by atoms with Gasteiger partial charge in [-0.2, -0.15) is 0 Å². The molecule has 0 unspecified atom stereocenters. The predicted molar refractivity (Wildman–Crippen MR) is 71.9 cm³/mol. The Labute approximate surface area is 111 Å². The molecule has 98 valence electrons. The highest BCUT2D eigenvalue weighted by atomic mass is 16.4. The number of fused-ring (bicyclic) bond motifs is 1. The third kappa shape index (κ3) is 2.03. The molecule has 1 heterocycles. The molecule has 0 saturated heterocycles. The summed E-state index contributed by atoms with van der Waals surface area (Å²) in [6.07, 6.45) is 6.24. The number of aromatic carboxylic acids is 1. The lowest BCUT2D eigenvalue weighted by Gasteiger charge is -2.16. The molecule has 0 bridgehead atoms. The maximum atomic E-state index is 11.1. The molecule has 1 aliphatic rings. The van der Waals surface area contributed by atoms with Gasteiger partial charge in [0.2, 0.25) is 0 Å². The Balaban J connectivity index is 2.13. The number of benzene rings is 1. The number of nitrogens with zero attached hydrogens (tertiary/aromatic N) is 2. The number of carbonyl (C=O) groups is 1. The standard InChI is InChI=1S/C15H16N2O2/c1-10-6-7-11(15(18)19)8-14(10)17-9-16-12-4-2-3-5-13(12)17/h6-9H,2-5H2,1H3,(H,18,19). The molecule has 2 aromatic rings. The summed E-state index contributed by atoms with van der Waals surface area (Å²) in [6, 6.07) is 5.23. The molecular formula is C15H16N2O2. The maximum Gasteiger partial charge on any atom is 0.335 e. The highest BCUT2D eigenvalue weighted by molar-refractivity contribution is 5.88. The highest BCUT2D eigenvalue weighted by Crippen LogP contribution is 2.25. The number of hydrogen-bond acceptors (Lipinski definition) is 2. The van der Waals surface area contributed by atoms with Crippen molar-refractivity contribution in [3.63, 3.8) is 0 Å². The second-order valence-electron chi connectivity index (χ2n) is 5.02. The van der Waals surface area contributed by atoms with Crippen LogP contribution in [0.3, 0.4) is 0 Å². The first-order valence-corrected chi connectivity index (χ1v) is 6.56. The molecule has 0 radical (unpaired) electrons. The van der Waals surface area contributed by atoms with E-state index < -0.39 is 5.97 Å². The Hall–Kier alpha value is -2.10. The average Bonchev–Trinajstić information content (AvgIpc) is 2.83. The number of aryl methyl sites for hydroxylation is 2. The van der Waals surface area contributed by atoms with Crippen molar-refractivity contribution in [3.8, 4) is 5.69 Å². The normalized spacial score (nSPS) is 14.2. The summed E-state index contributed by atoms with van der Waals surface area (Å²) in [7, 11) is 0. The van der Waals surface area contributed by atoms with Crippen molar-refractivity contribution < 1.29 is 9.90 Å². The molecule has 19 heavy (non-hydrogen) atoms. The lowest BCUT2D eigenvalue weighted by Crippen LogP contribution is -2.08. The summed E-state index contributed by atoms with van der Waals surface area (Å²) >= 11 is 0. The summed E-state index contributed by atoms with van der Waals surface area (Å²) < 4.78 is 2.05. The van der Waals surface area contributed by atoms with Gasteiger partial charge >= 0.3 is 5.97 Å². The molecule has 4 nitrogen and oxygen atoms in total. The van der Waals surface area contributed by atoms with E-state index in [1.165, 1.54) is 18.5 Å². The minimum atomic E-state index is -0.893. The van der Waals surface area contributed by atoms with Crippen LogP contribution in [0.25, 0.3) is 5.69 Å². The van der Waals surface area contributed by atoms with Gasteiger partial charge in [0.25, 0.3) is 0 Å². The smallest absolute Gasteiger partial charge is 0.335 e. The van der Waals surface area contributed by atoms with E-state index in [-0.39, 0.29) is 0 Å². The van der Waals surface area contributed by atoms with Gasteiger partial charge in [0.15, 0.2) is 0 Å². The van der Waals surface area contributed by atoms with E-state index in [1.807, 2.05) is 19.3 Å². The first-order valence-electron chi connectivity index (χ1n) is 6.56. The van der Waals surface area contributed by atoms with Gasteiger partial charge in [-0.05, 0) is 50.3 Å². The molecule has 0 fully saturated rings. The van der Waals surface area contributed by atoms with Crippen LogP contribution in [0.5, 0.6) is 0 Å². The van der Waals surface area contributed by atoms with E-state index in [2.05, 4.69) is 9.55 Å². The molecule has 1 N–H and O–H groups in total. The van der Waals surface area contributed by atoms with Gasteiger partial charge in [0.05, 0.1) is 23.3 Å². The molecule has 3 rings (SSSR count). The Morgan fingerprint density at radius 3 is 2.89 bits per heavy atom. The van der Waals surface area contributed by atoms with Crippen LogP contribution in [0, 0.1) is 6.92 Å². The van der Waals surface area contributed by atoms with E-state index in [0.717, 1.165) is 29.8 Å². The molecule has 1 aromatic heterocycles. The molecular weight excluding hydrogens is 240 g/mol. The molecule has 1 aromatic carbocycles. The minimum absolute atomic E-state index is 0.318. The van der Waals surface area contributed by atoms with Gasteiger partial charge in [0, 0.05) is 5.69 Å². The molecule has 0 amide bonds. The van der Waals surface area contributed by atoms with Crippen molar-refractivity contribution in [2.45, 2.75) is 32.6 Å². The van der Waals surface area contributed by atoms with E-state index in [1.54, 1.807) is 12.1 Å². The Morgan fingerprint density at radius 1 is 1.32 bits per heavy atom. The lowest BCUT2D eigenvalue weighted by molar-refractivity contribution is 0.0697. The molecule has 1 aliphatic carbocycles. The van der Waals surface area contributed by atoms with Crippen molar-refractivity contribution in [1.82, 2.24) is 9.55 Å². The third-order valence-corrected chi connectivity index (χ3v) is 3.75. The van der Waals surface area contributed by atoms with E-state index in [0.29, 0.717) is 5.56 Å². The SMILES string of the molecule is Cc1ccc(C(=O)O)cc1-n1cnc2c1CCCC2. The lowest BCUT2D eigenvalue weighted by atomic mass is 10.0. The zero-order valence-electron chi connectivity index (χ0n) is 10.9. The molecule has 0 atom stereocenters. The summed E-state index contributed by atoms with van der Waals surface area (Å²) in [5, 5.41) is 9.11. The van der Waals surface area contributed by atoms with Crippen molar-refractivity contribution in [2.75, 3.05) is 0 Å². The quantitative estimate of drug-likeness (QED) is 0.898. The average molecular weight is 256 g/mol. The van der Waals surface area contributed by atoms with Gasteiger partial charge in [-0.25, -0.2) is 9.78 Å². The van der Waals surface area contributed by atoms with Crippen molar-refractivity contribution in [1.29, 1.82) is 0 Å². The van der Waals surface area contributed by atoms with Gasteiger partial charge in [-0.15, -0.1) is 0 Å². The first kappa shape index (κ1) is 12.0. The number of rotatable bonds is 2. The Morgan fingerprint density at radius 2 is 2.11 bits per heavy atom. The first-order chi connectivity index (χ1) is 9.16. The Kier molecular flexibility index (Phi) is 2.85. The zero-order chi connectivity index (χ0) is 13.4. The van der Waals surface area contributed by atoms with Crippen molar-refractivity contribution in [3.05, 3.63) is 47.0 Å². The summed E-state index contributed by atoms with van der Waals surface area (Å²) in [5.41, 5.74) is 4.70. The van der Waals surface area contributed by atoms with E-state index in [4.69, 9.17) is 5.11 Å². The summed E-state index contributed by atoms with van der Waals surface area (Å²) in [4.78, 5) is 15.6. The minimum Gasteiger partial charge on any atom is -0.478 e. The summed E-state index contributed by atoms with van der Waals surface area (Å²) in [5.74, 6) is -0.893. The van der Waals surface area contributed by atoms with Gasteiger partial charge in [-0.1, -0.05) is 6.07 Å². The van der Waals surface area contributed by atoms with Gasteiger partial charge in [-0.3, -0.25) is 0 Å². The fraction of sp³-hybridized carbons (Fsp3) is 0.333. The maximum absolute atomic E-state index is 11.1. The van der Waals surface area contributed by atoms with Crippen LogP contribution in [0.4, 0.5) is 0 Å². The van der Waals surface area contributed by atoms with E-state index >= 15 is 0 Å². The van der Waals surface area contributed by atoms with Crippen LogP contribution >= 0.6 is 0 Å². The second kappa shape index (κ2) is 4.53.